The van der Waals surface area contributed by atoms with E-state index in [9.17, 15) is 9.18 Å². The molecule has 0 saturated carbocycles. The molecule has 0 radical (unpaired) electrons. The lowest BCUT2D eigenvalue weighted by Gasteiger charge is -2.23. The molecule has 0 aliphatic heterocycles. The summed E-state index contributed by atoms with van der Waals surface area (Å²) in [5.74, 6) is 1.37. The maximum absolute atomic E-state index is 13.3. The number of benzene rings is 3. The van der Waals surface area contributed by atoms with E-state index in [1.54, 1.807) is 36.3 Å². The van der Waals surface area contributed by atoms with Crippen LogP contribution in [0.25, 0.3) is 0 Å². The Morgan fingerprint density at radius 2 is 1.59 bits per heavy atom. The van der Waals surface area contributed by atoms with Crippen molar-refractivity contribution in [2.24, 2.45) is 0 Å². The Morgan fingerprint density at radius 3 is 2.28 bits per heavy atom. The summed E-state index contributed by atoms with van der Waals surface area (Å²) in [5, 5.41) is 0. The van der Waals surface area contributed by atoms with Gasteiger partial charge in [-0.15, -0.1) is 0 Å². The molecule has 0 heterocycles. The molecule has 3 aromatic rings. The standard InChI is InChI=1S/C26H28FNO4/c1-4-28(17-20-12-15-24(31-5-2)25(16-20)30-3)26(29)22-8-6-7-9-23(22)32-18-19-10-13-21(27)14-11-19/h6-16H,4-5,17-18H2,1-3H3. The Morgan fingerprint density at radius 1 is 0.875 bits per heavy atom. The van der Waals surface area contributed by atoms with Crippen LogP contribution in [0, 0.1) is 5.82 Å². The van der Waals surface area contributed by atoms with Crippen LogP contribution < -0.4 is 14.2 Å². The number of hydrogen-bond acceptors (Lipinski definition) is 4. The number of halogens is 1. The number of para-hydroxylation sites is 1. The van der Waals surface area contributed by atoms with Gasteiger partial charge in [-0.1, -0.05) is 30.3 Å². The molecule has 0 saturated heterocycles. The molecule has 0 bridgehead atoms. The molecular weight excluding hydrogens is 409 g/mol. The second-order valence-corrected chi connectivity index (χ2v) is 7.15. The highest BCUT2D eigenvalue weighted by Gasteiger charge is 2.19. The van der Waals surface area contributed by atoms with Crippen LogP contribution in [-0.4, -0.2) is 31.1 Å². The number of rotatable bonds is 10. The van der Waals surface area contributed by atoms with Crippen LogP contribution in [0.1, 0.15) is 35.3 Å². The van der Waals surface area contributed by atoms with Gasteiger partial charge in [-0.05, 0) is 61.4 Å². The Hall–Kier alpha value is -3.54. The fourth-order valence-electron chi connectivity index (χ4n) is 3.31. The molecule has 5 nitrogen and oxygen atoms in total. The topological polar surface area (TPSA) is 48.0 Å². The molecule has 32 heavy (non-hydrogen) atoms. The summed E-state index contributed by atoms with van der Waals surface area (Å²) >= 11 is 0. The maximum atomic E-state index is 13.3. The Labute approximate surface area is 188 Å². The number of hydrogen-bond donors (Lipinski definition) is 0. The molecule has 0 N–H and O–H groups in total. The van der Waals surface area contributed by atoms with Crippen molar-refractivity contribution in [2.45, 2.75) is 27.0 Å². The minimum Gasteiger partial charge on any atom is -0.493 e. The average molecular weight is 438 g/mol. The molecule has 168 valence electrons. The highest BCUT2D eigenvalue weighted by Crippen LogP contribution is 2.29. The third-order valence-electron chi connectivity index (χ3n) is 5.00. The van der Waals surface area contributed by atoms with Crippen molar-refractivity contribution in [3.8, 4) is 17.2 Å². The van der Waals surface area contributed by atoms with Crippen molar-refractivity contribution in [1.82, 2.24) is 4.90 Å². The monoisotopic (exact) mass is 437 g/mol. The number of carbonyl (C=O) groups excluding carboxylic acids is 1. The molecular formula is C26H28FNO4. The molecule has 3 rings (SSSR count). The molecule has 0 atom stereocenters. The van der Waals surface area contributed by atoms with E-state index in [0.29, 0.717) is 42.5 Å². The Bertz CT molecular complexity index is 1040. The van der Waals surface area contributed by atoms with E-state index >= 15 is 0 Å². The zero-order valence-electron chi connectivity index (χ0n) is 18.6. The second-order valence-electron chi connectivity index (χ2n) is 7.15. The van der Waals surface area contributed by atoms with Gasteiger partial charge in [-0.25, -0.2) is 4.39 Å². The van der Waals surface area contributed by atoms with Crippen molar-refractivity contribution >= 4 is 5.91 Å². The first-order valence-corrected chi connectivity index (χ1v) is 10.6. The maximum Gasteiger partial charge on any atom is 0.257 e. The lowest BCUT2D eigenvalue weighted by atomic mass is 10.1. The summed E-state index contributed by atoms with van der Waals surface area (Å²) in [4.78, 5) is 15.1. The smallest absolute Gasteiger partial charge is 0.257 e. The van der Waals surface area contributed by atoms with Crippen LogP contribution in [0.5, 0.6) is 17.2 Å². The number of methoxy groups -OCH3 is 1. The van der Waals surface area contributed by atoms with E-state index in [0.717, 1.165) is 11.1 Å². The second kappa shape index (κ2) is 11.2. The fourth-order valence-corrected chi connectivity index (χ4v) is 3.31. The number of amides is 1. The minimum atomic E-state index is -0.297. The van der Waals surface area contributed by atoms with Crippen LogP contribution >= 0.6 is 0 Å². The lowest BCUT2D eigenvalue weighted by Crippen LogP contribution is -2.30. The van der Waals surface area contributed by atoms with E-state index in [1.165, 1.54) is 12.1 Å². The van der Waals surface area contributed by atoms with Gasteiger partial charge < -0.3 is 19.1 Å². The third kappa shape index (κ3) is 5.78. The van der Waals surface area contributed by atoms with Gasteiger partial charge in [0.1, 0.15) is 18.2 Å². The van der Waals surface area contributed by atoms with Gasteiger partial charge in [0.25, 0.3) is 5.91 Å². The zero-order chi connectivity index (χ0) is 22.9. The third-order valence-corrected chi connectivity index (χ3v) is 5.00. The molecule has 0 aliphatic rings. The molecule has 0 aromatic heterocycles. The first-order valence-electron chi connectivity index (χ1n) is 10.6. The SMILES string of the molecule is CCOc1ccc(CN(CC)C(=O)c2ccccc2OCc2ccc(F)cc2)cc1OC. The zero-order valence-corrected chi connectivity index (χ0v) is 18.6. The summed E-state index contributed by atoms with van der Waals surface area (Å²) < 4.78 is 30.0. The highest BCUT2D eigenvalue weighted by molar-refractivity contribution is 5.96. The normalized spacial score (nSPS) is 10.5. The van der Waals surface area contributed by atoms with E-state index in [4.69, 9.17) is 14.2 Å². The van der Waals surface area contributed by atoms with E-state index in [2.05, 4.69) is 0 Å². The molecule has 0 unspecified atom stereocenters. The summed E-state index contributed by atoms with van der Waals surface area (Å²) in [6.07, 6.45) is 0. The molecule has 0 aliphatic carbocycles. The molecule has 1 amide bonds. The number of ether oxygens (including phenoxy) is 3. The van der Waals surface area contributed by atoms with Gasteiger partial charge in [-0.3, -0.25) is 4.79 Å². The molecule has 3 aromatic carbocycles. The van der Waals surface area contributed by atoms with Crippen LogP contribution in [0.15, 0.2) is 66.7 Å². The fraction of sp³-hybridized carbons (Fsp3) is 0.269. The highest BCUT2D eigenvalue weighted by atomic mass is 19.1. The first-order chi connectivity index (χ1) is 15.5. The van der Waals surface area contributed by atoms with Gasteiger partial charge in [0, 0.05) is 13.1 Å². The largest absolute Gasteiger partial charge is 0.493 e. The van der Waals surface area contributed by atoms with Gasteiger partial charge in [0.2, 0.25) is 0 Å². The van der Waals surface area contributed by atoms with Crippen molar-refractivity contribution in [2.75, 3.05) is 20.3 Å². The summed E-state index contributed by atoms with van der Waals surface area (Å²) in [6, 6.07) is 18.9. The van der Waals surface area contributed by atoms with Gasteiger partial charge >= 0.3 is 0 Å². The lowest BCUT2D eigenvalue weighted by molar-refractivity contribution is 0.0747. The van der Waals surface area contributed by atoms with Crippen molar-refractivity contribution in [3.63, 3.8) is 0 Å². The van der Waals surface area contributed by atoms with E-state index < -0.39 is 0 Å². The van der Waals surface area contributed by atoms with Crippen molar-refractivity contribution < 1.29 is 23.4 Å². The molecule has 0 spiro atoms. The Kier molecular flexibility index (Phi) is 8.08. The number of nitrogens with zero attached hydrogens (tertiary/aromatic N) is 1. The van der Waals surface area contributed by atoms with Gasteiger partial charge in [0.15, 0.2) is 11.5 Å². The first kappa shape index (κ1) is 23.1. The van der Waals surface area contributed by atoms with E-state index in [1.807, 2.05) is 44.2 Å². The van der Waals surface area contributed by atoms with Crippen LogP contribution in [0.2, 0.25) is 0 Å². The summed E-state index contributed by atoms with van der Waals surface area (Å²) in [5.41, 5.74) is 2.24. The summed E-state index contributed by atoms with van der Waals surface area (Å²) in [7, 11) is 1.60. The van der Waals surface area contributed by atoms with Crippen LogP contribution in [0.4, 0.5) is 4.39 Å². The predicted molar refractivity (Wildman–Crippen MR) is 122 cm³/mol. The van der Waals surface area contributed by atoms with Crippen molar-refractivity contribution in [3.05, 3.63) is 89.2 Å². The Balaban J connectivity index is 1.76. The van der Waals surface area contributed by atoms with Crippen LogP contribution in [-0.2, 0) is 13.2 Å². The average Bonchev–Trinajstić information content (AvgIpc) is 2.83. The minimum absolute atomic E-state index is 0.130. The molecule has 6 heteroatoms. The molecule has 0 fully saturated rings. The number of carbonyl (C=O) groups is 1. The predicted octanol–water partition coefficient (Wildman–Crippen LogP) is 5.47. The van der Waals surface area contributed by atoms with Gasteiger partial charge in [-0.2, -0.15) is 0 Å². The van der Waals surface area contributed by atoms with Crippen LogP contribution in [0.3, 0.4) is 0 Å². The van der Waals surface area contributed by atoms with Gasteiger partial charge in [0.05, 0.1) is 19.3 Å². The van der Waals surface area contributed by atoms with Crippen molar-refractivity contribution in [1.29, 1.82) is 0 Å². The summed E-state index contributed by atoms with van der Waals surface area (Å²) in [6.45, 7) is 5.59. The van der Waals surface area contributed by atoms with E-state index in [-0.39, 0.29) is 18.3 Å². The quantitative estimate of drug-likeness (QED) is 0.422.